The van der Waals surface area contributed by atoms with Crippen molar-refractivity contribution in [2.75, 3.05) is 23.3 Å². The molecular weight excluding hydrogens is 419 g/mol. The van der Waals surface area contributed by atoms with Crippen LogP contribution in [0.3, 0.4) is 0 Å². The summed E-state index contributed by atoms with van der Waals surface area (Å²) in [5.41, 5.74) is 2.23. The Balaban J connectivity index is 1.50. The Hall–Kier alpha value is -2.14. The van der Waals surface area contributed by atoms with Gasteiger partial charge in [0.05, 0.1) is 15.7 Å². The van der Waals surface area contributed by atoms with Crippen molar-refractivity contribution >= 4 is 52.1 Å². The van der Waals surface area contributed by atoms with Gasteiger partial charge in [-0.2, -0.15) is 0 Å². The molecule has 4 nitrogen and oxygen atoms in total. The fourth-order valence-corrected chi connectivity index (χ4v) is 3.97. The predicted molar refractivity (Wildman–Crippen MR) is 115 cm³/mol. The standard InChI is InChI=1S/C21H17Cl3N2O2/c22-13-3-5-16(23)15(11-13)19-7-8-20(28-19)21(27)25-14-4-6-18(17(24)12-14)26-9-1-2-10-26/h3-8,11-12H,1-2,9-10H2,(H,25,27). The fraction of sp³-hybridized carbons (Fsp3) is 0.190. The molecule has 0 aliphatic carbocycles. The molecular formula is C21H17Cl3N2O2. The topological polar surface area (TPSA) is 45.5 Å². The van der Waals surface area contributed by atoms with Crippen LogP contribution in [-0.4, -0.2) is 19.0 Å². The van der Waals surface area contributed by atoms with E-state index in [-0.39, 0.29) is 11.7 Å². The number of nitrogens with zero attached hydrogens (tertiary/aromatic N) is 1. The summed E-state index contributed by atoms with van der Waals surface area (Å²) >= 11 is 18.6. The number of benzene rings is 2. The second-order valence-corrected chi connectivity index (χ2v) is 7.85. The lowest BCUT2D eigenvalue weighted by Gasteiger charge is -2.19. The van der Waals surface area contributed by atoms with E-state index in [4.69, 9.17) is 39.2 Å². The highest BCUT2D eigenvalue weighted by Crippen LogP contribution is 2.33. The number of carbonyl (C=O) groups is 1. The molecule has 1 saturated heterocycles. The monoisotopic (exact) mass is 434 g/mol. The third kappa shape index (κ3) is 4.00. The molecule has 4 rings (SSSR count). The summed E-state index contributed by atoms with van der Waals surface area (Å²) in [6.45, 7) is 2.01. The number of hydrogen-bond acceptors (Lipinski definition) is 3. The highest BCUT2D eigenvalue weighted by Gasteiger charge is 2.17. The number of furan rings is 1. The third-order valence-electron chi connectivity index (χ3n) is 4.68. The van der Waals surface area contributed by atoms with Crippen LogP contribution >= 0.6 is 34.8 Å². The molecule has 3 aromatic rings. The zero-order valence-corrected chi connectivity index (χ0v) is 17.1. The molecule has 0 radical (unpaired) electrons. The zero-order valence-electron chi connectivity index (χ0n) is 14.8. The first-order valence-corrected chi connectivity index (χ1v) is 10.1. The molecule has 0 bridgehead atoms. The molecule has 1 aliphatic heterocycles. The molecule has 1 N–H and O–H groups in total. The van der Waals surface area contributed by atoms with Gasteiger partial charge in [0, 0.05) is 29.4 Å². The van der Waals surface area contributed by atoms with Gasteiger partial charge in [0.15, 0.2) is 5.76 Å². The van der Waals surface area contributed by atoms with Gasteiger partial charge in [-0.15, -0.1) is 0 Å². The molecule has 28 heavy (non-hydrogen) atoms. The normalized spacial score (nSPS) is 13.8. The molecule has 144 valence electrons. The minimum atomic E-state index is -0.366. The Kier molecular flexibility index (Phi) is 5.54. The van der Waals surface area contributed by atoms with Gasteiger partial charge in [0.25, 0.3) is 5.91 Å². The number of amides is 1. The maximum atomic E-state index is 12.5. The average molecular weight is 436 g/mol. The first-order valence-electron chi connectivity index (χ1n) is 8.92. The largest absolute Gasteiger partial charge is 0.451 e. The van der Waals surface area contributed by atoms with E-state index >= 15 is 0 Å². The molecule has 1 fully saturated rings. The quantitative estimate of drug-likeness (QED) is 0.492. The number of carbonyl (C=O) groups excluding carboxylic acids is 1. The van der Waals surface area contributed by atoms with Gasteiger partial charge in [-0.25, -0.2) is 0 Å². The van der Waals surface area contributed by atoms with E-state index in [2.05, 4.69) is 10.2 Å². The Morgan fingerprint density at radius 1 is 0.929 bits per heavy atom. The summed E-state index contributed by atoms with van der Waals surface area (Å²) in [5, 5.41) is 4.46. The van der Waals surface area contributed by atoms with Crippen molar-refractivity contribution < 1.29 is 9.21 Å². The molecule has 1 aromatic heterocycles. The fourth-order valence-electron chi connectivity index (χ4n) is 3.28. The third-order valence-corrected chi connectivity index (χ3v) is 5.54. The molecule has 1 amide bonds. The molecule has 0 unspecified atom stereocenters. The molecule has 2 aromatic carbocycles. The van der Waals surface area contributed by atoms with Crippen LogP contribution in [-0.2, 0) is 0 Å². The predicted octanol–water partition coefficient (Wildman–Crippen LogP) is 6.76. The highest BCUT2D eigenvalue weighted by atomic mass is 35.5. The van der Waals surface area contributed by atoms with Crippen molar-refractivity contribution in [2.24, 2.45) is 0 Å². The summed E-state index contributed by atoms with van der Waals surface area (Å²) < 4.78 is 5.68. The molecule has 0 atom stereocenters. The van der Waals surface area contributed by atoms with Gasteiger partial charge in [-0.1, -0.05) is 34.8 Å². The second-order valence-electron chi connectivity index (χ2n) is 6.60. The van der Waals surface area contributed by atoms with Crippen molar-refractivity contribution in [2.45, 2.75) is 12.8 Å². The van der Waals surface area contributed by atoms with Crippen molar-refractivity contribution in [1.82, 2.24) is 0 Å². The van der Waals surface area contributed by atoms with Gasteiger partial charge in [0.1, 0.15) is 5.76 Å². The van der Waals surface area contributed by atoms with E-state index in [0.29, 0.717) is 32.1 Å². The van der Waals surface area contributed by atoms with Gasteiger partial charge in [0.2, 0.25) is 0 Å². The summed E-state index contributed by atoms with van der Waals surface area (Å²) in [7, 11) is 0. The summed E-state index contributed by atoms with van der Waals surface area (Å²) in [5.74, 6) is 0.278. The summed E-state index contributed by atoms with van der Waals surface area (Å²) in [4.78, 5) is 14.8. The maximum absolute atomic E-state index is 12.5. The summed E-state index contributed by atoms with van der Waals surface area (Å²) in [6.07, 6.45) is 2.35. The van der Waals surface area contributed by atoms with Crippen LogP contribution in [0.5, 0.6) is 0 Å². The first-order chi connectivity index (χ1) is 13.5. The van der Waals surface area contributed by atoms with Gasteiger partial charge in [-0.3, -0.25) is 4.79 Å². The van der Waals surface area contributed by atoms with Crippen LogP contribution in [0.2, 0.25) is 15.1 Å². The minimum absolute atomic E-state index is 0.172. The molecule has 0 saturated carbocycles. The van der Waals surface area contributed by atoms with Gasteiger partial charge < -0.3 is 14.6 Å². The Morgan fingerprint density at radius 2 is 1.71 bits per heavy atom. The van der Waals surface area contributed by atoms with Gasteiger partial charge in [-0.05, 0) is 61.4 Å². The highest BCUT2D eigenvalue weighted by molar-refractivity contribution is 6.35. The molecule has 0 spiro atoms. The van der Waals surface area contributed by atoms with Crippen molar-refractivity contribution in [3.8, 4) is 11.3 Å². The average Bonchev–Trinajstić information content (AvgIpc) is 3.36. The lowest BCUT2D eigenvalue weighted by molar-refractivity contribution is 0.0997. The zero-order chi connectivity index (χ0) is 19.7. The van der Waals surface area contributed by atoms with Crippen molar-refractivity contribution in [1.29, 1.82) is 0 Å². The number of rotatable bonds is 4. The van der Waals surface area contributed by atoms with E-state index in [0.717, 1.165) is 18.8 Å². The number of anilines is 2. The molecule has 7 heteroatoms. The van der Waals surface area contributed by atoms with Crippen molar-refractivity contribution in [3.05, 3.63) is 69.4 Å². The van der Waals surface area contributed by atoms with Crippen LogP contribution in [0.25, 0.3) is 11.3 Å². The maximum Gasteiger partial charge on any atom is 0.291 e. The van der Waals surface area contributed by atoms with Crippen LogP contribution in [0.15, 0.2) is 52.9 Å². The first kappa shape index (κ1) is 19.2. The number of halogens is 3. The Bertz CT molecular complexity index is 1030. The Labute approximate surface area is 178 Å². The lowest BCUT2D eigenvalue weighted by atomic mass is 10.2. The van der Waals surface area contributed by atoms with E-state index in [1.165, 1.54) is 12.8 Å². The molecule has 1 aliphatic rings. The van der Waals surface area contributed by atoms with E-state index < -0.39 is 0 Å². The smallest absolute Gasteiger partial charge is 0.291 e. The summed E-state index contributed by atoms with van der Waals surface area (Å²) in [6, 6.07) is 13.9. The van der Waals surface area contributed by atoms with Gasteiger partial charge >= 0.3 is 0 Å². The van der Waals surface area contributed by atoms with Crippen LogP contribution in [0.4, 0.5) is 11.4 Å². The lowest BCUT2D eigenvalue weighted by Crippen LogP contribution is -2.18. The van der Waals surface area contributed by atoms with Crippen LogP contribution < -0.4 is 10.2 Å². The Morgan fingerprint density at radius 3 is 2.46 bits per heavy atom. The number of nitrogens with one attached hydrogen (secondary N) is 1. The number of hydrogen-bond donors (Lipinski definition) is 1. The van der Waals surface area contributed by atoms with E-state index in [9.17, 15) is 4.79 Å². The van der Waals surface area contributed by atoms with E-state index in [1.54, 1.807) is 36.4 Å². The van der Waals surface area contributed by atoms with Crippen molar-refractivity contribution in [3.63, 3.8) is 0 Å². The SMILES string of the molecule is O=C(Nc1ccc(N2CCCC2)c(Cl)c1)c1ccc(-c2cc(Cl)ccc2Cl)o1. The molecule has 2 heterocycles. The van der Waals surface area contributed by atoms with Crippen LogP contribution in [0, 0.1) is 0 Å². The van der Waals surface area contributed by atoms with E-state index in [1.807, 2.05) is 12.1 Å². The minimum Gasteiger partial charge on any atom is -0.451 e. The second kappa shape index (κ2) is 8.08. The van der Waals surface area contributed by atoms with Crippen LogP contribution in [0.1, 0.15) is 23.4 Å².